The monoisotopic (exact) mass is 361 g/mol. The van der Waals surface area contributed by atoms with Crippen molar-refractivity contribution < 1.29 is 14.3 Å². The Morgan fingerprint density at radius 1 is 1.04 bits per heavy atom. The second-order valence-corrected chi connectivity index (χ2v) is 6.97. The van der Waals surface area contributed by atoms with Crippen LogP contribution in [0.3, 0.4) is 0 Å². The first-order chi connectivity index (χ1) is 12.6. The fraction of sp³-hybridized carbons (Fsp3) is 0.600. The Balaban J connectivity index is 1.49. The Hall–Kier alpha value is -2.24. The molecule has 0 atom stereocenters. The average molecular weight is 361 g/mol. The van der Waals surface area contributed by atoms with Crippen molar-refractivity contribution in [2.45, 2.75) is 57.8 Å². The summed E-state index contributed by atoms with van der Waals surface area (Å²) in [4.78, 5) is 22.5. The van der Waals surface area contributed by atoms with Crippen LogP contribution in [0, 0.1) is 5.92 Å². The first-order valence-electron chi connectivity index (χ1n) is 9.71. The number of benzene rings is 1. The zero-order chi connectivity index (χ0) is 18.6. The lowest BCUT2D eigenvalue weighted by molar-refractivity contribution is -0.121. The molecule has 1 aromatic rings. The summed E-state index contributed by atoms with van der Waals surface area (Å²) in [7, 11) is 0. The van der Waals surface area contributed by atoms with Gasteiger partial charge in [0, 0.05) is 25.2 Å². The summed E-state index contributed by atoms with van der Waals surface area (Å²) in [6, 6.07) is 7.01. The highest BCUT2D eigenvalue weighted by molar-refractivity contribution is 5.75. The van der Waals surface area contributed by atoms with Gasteiger partial charge in [0.1, 0.15) is 5.75 Å². The minimum Gasteiger partial charge on any atom is -0.411 e. The van der Waals surface area contributed by atoms with Crippen LogP contribution in [0.2, 0.25) is 0 Å². The number of anilines is 1. The van der Waals surface area contributed by atoms with Gasteiger partial charge in [-0.05, 0) is 49.4 Å². The van der Waals surface area contributed by atoms with Gasteiger partial charge in [0.05, 0.1) is 0 Å². The van der Waals surface area contributed by atoms with Crippen molar-refractivity contribution in [1.29, 1.82) is 0 Å². The van der Waals surface area contributed by atoms with Crippen molar-refractivity contribution in [3.05, 3.63) is 24.3 Å². The van der Waals surface area contributed by atoms with Crippen molar-refractivity contribution in [2.24, 2.45) is 11.7 Å². The van der Waals surface area contributed by atoms with Crippen LogP contribution in [0.5, 0.6) is 5.75 Å². The predicted octanol–water partition coefficient (Wildman–Crippen LogP) is 3.81. The maximum Gasteiger partial charge on any atom is 0.409 e. The lowest BCUT2D eigenvalue weighted by Crippen LogP contribution is -2.25. The van der Waals surface area contributed by atoms with Gasteiger partial charge in [0.15, 0.2) is 0 Å². The lowest BCUT2D eigenvalue weighted by atomic mass is 9.86. The van der Waals surface area contributed by atoms with Crippen molar-refractivity contribution in [2.75, 3.05) is 18.4 Å². The third-order valence-electron chi connectivity index (χ3n) is 4.82. The van der Waals surface area contributed by atoms with Crippen molar-refractivity contribution in [1.82, 2.24) is 5.32 Å². The van der Waals surface area contributed by atoms with Crippen LogP contribution in [0.4, 0.5) is 10.5 Å². The number of nitrogens with two attached hydrogens (primary N) is 1. The SMILES string of the molecule is NC(=O)Oc1ccc(NCCCNC(=O)CCCC2CCCCC2)cc1. The van der Waals surface area contributed by atoms with Gasteiger partial charge in [-0.1, -0.05) is 32.1 Å². The quantitative estimate of drug-likeness (QED) is 0.552. The van der Waals surface area contributed by atoms with E-state index in [1.54, 1.807) is 12.1 Å². The van der Waals surface area contributed by atoms with E-state index in [0.29, 0.717) is 18.7 Å². The molecule has 0 aromatic heterocycles. The Kier molecular flexibility index (Phi) is 8.79. The maximum absolute atomic E-state index is 11.9. The van der Waals surface area contributed by atoms with E-state index in [9.17, 15) is 9.59 Å². The molecule has 6 heteroatoms. The number of carbonyl (C=O) groups is 2. The zero-order valence-electron chi connectivity index (χ0n) is 15.5. The van der Waals surface area contributed by atoms with E-state index in [1.165, 1.54) is 38.5 Å². The molecule has 4 N–H and O–H groups in total. The molecule has 0 heterocycles. The van der Waals surface area contributed by atoms with E-state index in [4.69, 9.17) is 10.5 Å². The van der Waals surface area contributed by atoms with E-state index >= 15 is 0 Å². The van der Waals surface area contributed by atoms with Crippen LogP contribution < -0.4 is 21.1 Å². The van der Waals surface area contributed by atoms with E-state index < -0.39 is 6.09 Å². The molecule has 0 unspecified atom stereocenters. The number of rotatable bonds is 10. The van der Waals surface area contributed by atoms with Crippen molar-refractivity contribution in [3.8, 4) is 5.75 Å². The first-order valence-corrected chi connectivity index (χ1v) is 9.71. The summed E-state index contributed by atoms with van der Waals surface area (Å²) in [5.41, 5.74) is 5.89. The second-order valence-electron chi connectivity index (χ2n) is 6.97. The molecule has 1 fully saturated rings. The molecule has 0 aliphatic heterocycles. The van der Waals surface area contributed by atoms with Crippen LogP contribution in [-0.2, 0) is 4.79 Å². The molecule has 6 nitrogen and oxygen atoms in total. The first kappa shape index (κ1) is 20.1. The predicted molar refractivity (Wildman–Crippen MR) is 103 cm³/mol. The third kappa shape index (κ3) is 8.23. The highest BCUT2D eigenvalue weighted by Crippen LogP contribution is 2.27. The number of amides is 2. The van der Waals surface area contributed by atoms with Crippen LogP contribution in [-0.4, -0.2) is 25.1 Å². The summed E-state index contributed by atoms with van der Waals surface area (Å²) in [6.45, 7) is 1.44. The molecule has 144 valence electrons. The Bertz CT molecular complexity index is 554. The summed E-state index contributed by atoms with van der Waals surface area (Å²) >= 11 is 0. The smallest absolute Gasteiger partial charge is 0.409 e. The van der Waals surface area contributed by atoms with Gasteiger partial charge in [-0.2, -0.15) is 0 Å². The largest absolute Gasteiger partial charge is 0.411 e. The van der Waals surface area contributed by atoms with Gasteiger partial charge in [0.2, 0.25) is 5.91 Å². The topological polar surface area (TPSA) is 93.5 Å². The molecule has 1 aromatic carbocycles. The molecule has 2 amide bonds. The highest BCUT2D eigenvalue weighted by Gasteiger charge is 2.13. The van der Waals surface area contributed by atoms with Gasteiger partial charge >= 0.3 is 6.09 Å². The summed E-state index contributed by atoms with van der Waals surface area (Å²) < 4.78 is 4.77. The number of hydrogen-bond acceptors (Lipinski definition) is 4. The minimum absolute atomic E-state index is 0.161. The highest BCUT2D eigenvalue weighted by atomic mass is 16.5. The molecule has 1 aliphatic rings. The van der Waals surface area contributed by atoms with Crippen molar-refractivity contribution in [3.63, 3.8) is 0 Å². The fourth-order valence-corrected chi connectivity index (χ4v) is 3.42. The van der Waals surface area contributed by atoms with E-state index in [2.05, 4.69) is 10.6 Å². The number of hydrogen-bond donors (Lipinski definition) is 3. The molecular weight excluding hydrogens is 330 g/mol. The molecule has 26 heavy (non-hydrogen) atoms. The minimum atomic E-state index is -0.819. The molecule has 0 bridgehead atoms. The Morgan fingerprint density at radius 3 is 2.46 bits per heavy atom. The van der Waals surface area contributed by atoms with Crippen LogP contribution in [0.25, 0.3) is 0 Å². The standard InChI is InChI=1S/C20H31N3O3/c21-20(25)26-18-12-10-17(11-13-18)22-14-5-15-23-19(24)9-4-8-16-6-2-1-3-7-16/h10-13,16,22H,1-9,14-15H2,(H2,21,25)(H,23,24). The average Bonchev–Trinajstić information content (AvgIpc) is 2.63. The number of nitrogens with one attached hydrogen (secondary N) is 2. The third-order valence-corrected chi connectivity index (χ3v) is 4.82. The van der Waals surface area contributed by atoms with Crippen LogP contribution >= 0.6 is 0 Å². The van der Waals surface area contributed by atoms with E-state index in [0.717, 1.165) is 31.0 Å². The lowest BCUT2D eigenvalue weighted by Gasteiger charge is -2.21. The van der Waals surface area contributed by atoms with Gasteiger partial charge in [0.25, 0.3) is 0 Å². The molecule has 1 saturated carbocycles. The van der Waals surface area contributed by atoms with Gasteiger partial charge in [-0.15, -0.1) is 0 Å². The van der Waals surface area contributed by atoms with Crippen molar-refractivity contribution >= 4 is 17.7 Å². The Morgan fingerprint density at radius 2 is 1.77 bits per heavy atom. The molecule has 0 spiro atoms. The summed E-state index contributed by atoms with van der Waals surface area (Å²) in [6.07, 6.45) is 9.70. The zero-order valence-corrected chi connectivity index (χ0v) is 15.5. The molecule has 0 saturated heterocycles. The second kappa shape index (κ2) is 11.4. The van der Waals surface area contributed by atoms with Gasteiger partial charge in [-0.25, -0.2) is 4.79 Å². The summed E-state index contributed by atoms with van der Waals surface area (Å²) in [5, 5.41) is 6.25. The maximum atomic E-state index is 11.9. The number of primary amides is 1. The number of carbonyl (C=O) groups excluding carboxylic acids is 2. The Labute approximate surface area is 155 Å². The fourth-order valence-electron chi connectivity index (χ4n) is 3.42. The molecule has 2 rings (SSSR count). The van der Waals surface area contributed by atoms with E-state index in [-0.39, 0.29) is 5.91 Å². The van der Waals surface area contributed by atoms with E-state index in [1.807, 2.05) is 12.1 Å². The number of ether oxygens (including phenoxy) is 1. The van der Waals surface area contributed by atoms with Crippen LogP contribution in [0.15, 0.2) is 24.3 Å². The van der Waals surface area contributed by atoms with Crippen LogP contribution in [0.1, 0.15) is 57.8 Å². The summed E-state index contributed by atoms with van der Waals surface area (Å²) in [5.74, 6) is 1.43. The normalized spacial score (nSPS) is 14.6. The molecule has 1 aliphatic carbocycles. The van der Waals surface area contributed by atoms with Gasteiger partial charge < -0.3 is 21.1 Å². The molecular formula is C20H31N3O3. The molecule has 0 radical (unpaired) electrons. The van der Waals surface area contributed by atoms with Gasteiger partial charge in [-0.3, -0.25) is 4.79 Å².